The molecule has 8 rings (SSSR count). The fourth-order valence-electron chi connectivity index (χ4n) is 6.29. The minimum absolute atomic E-state index is 0. The van der Waals surface area contributed by atoms with Crippen LogP contribution in [0.4, 0.5) is 31.8 Å². The van der Waals surface area contributed by atoms with E-state index >= 15 is 0 Å². The summed E-state index contributed by atoms with van der Waals surface area (Å²) in [5, 5.41) is 8.21. The number of rotatable bonds is 10. The maximum absolute atomic E-state index is 13.4. The minimum Gasteiger partial charge on any atom is -0.346 e. The quantitative estimate of drug-likeness (QED) is 0.0769. The number of pyridine rings is 2. The normalized spacial score (nSPS) is 11.0. The van der Waals surface area contributed by atoms with Gasteiger partial charge in [-0.05, 0) is 78.6 Å². The van der Waals surface area contributed by atoms with E-state index in [4.69, 9.17) is 4.98 Å². The Labute approximate surface area is 350 Å². The highest BCUT2D eigenvalue weighted by atomic mass is 35.5. The molecule has 6 aromatic heterocycles. The zero-order valence-corrected chi connectivity index (χ0v) is 34.4. The van der Waals surface area contributed by atoms with Gasteiger partial charge in [-0.3, -0.25) is 9.59 Å². The Balaban J connectivity index is 0.000000203. The summed E-state index contributed by atoms with van der Waals surface area (Å²) in [6.45, 7) is 8.23. The predicted molar refractivity (Wildman–Crippen MR) is 232 cm³/mol. The van der Waals surface area contributed by atoms with Gasteiger partial charge in [0, 0.05) is 78.9 Å². The van der Waals surface area contributed by atoms with Crippen molar-refractivity contribution in [3.05, 3.63) is 132 Å². The fraction of sp³-hybridized carbons (Fsp3) is 0.182. The molecule has 0 unspecified atom stereocenters. The first-order valence-electron chi connectivity index (χ1n) is 18.8. The first-order chi connectivity index (χ1) is 28.4. The number of ketones is 1. The van der Waals surface area contributed by atoms with Gasteiger partial charge in [0.25, 0.3) is 11.7 Å². The summed E-state index contributed by atoms with van der Waals surface area (Å²) in [6, 6.07) is 17.7. The average molecular weight is 830 g/mol. The van der Waals surface area contributed by atoms with Gasteiger partial charge in [0.15, 0.2) is 11.6 Å². The largest absolute Gasteiger partial charge is 0.346 e. The summed E-state index contributed by atoms with van der Waals surface area (Å²) in [6.07, 6.45) is 10.2. The molecule has 60 heavy (non-hydrogen) atoms. The van der Waals surface area contributed by atoms with Crippen molar-refractivity contribution >= 4 is 69.2 Å². The fourth-order valence-corrected chi connectivity index (χ4v) is 6.29. The van der Waals surface area contributed by atoms with E-state index in [0.29, 0.717) is 39.8 Å². The number of Topliss-reactive ketones (excluding diaryl/α,β-unsaturated/α-hetero) is 1. The van der Waals surface area contributed by atoms with E-state index in [1.54, 1.807) is 48.9 Å². The van der Waals surface area contributed by atoms with Gasteiger partial charge in [0.2, 0.25) is 0 Å². The average Bonchev–Trinajstić information content (AvgIpc) is 3.90. The molecule has 6 heterocycles. The molecular weight excluding hydrogens is 788 g/mol. The maximum Gasteiger partial charge on any atom is 0.294 e. The lowest BCUT2D eigenvalue weighted by molar-refractivity contribution is -0.124. The lowest BCUT2D eigenvalue weighted by Crippen LogP contribution is -2.29. The third-order valence-electron chi connectivity index (χ3n) is 9.47. The highest BCUT2D eigenvalue weighted by molar-refractivity contribution is 6.45. The number of benzene rings is 2. The Morgan fingerprint density at radius 1 is 0.650 bits per heavy atom. The van der Waals surface area contributed by atoms with Gasteiger partial charge in [-0.2, -0.15) is 0 Å². The number of aromatic nitrogens is 8. The number of amides is 1. The van der Waals surface area contributed by atoms with Gasteiger partial charge < -0.3 is 25.5 Å². The minimum atomic E-state index is -0.638. The molecule has 0 saturated heterocycles. The van der Waals surface area contributed by atoms with E-state index in [-0.39, 0.29) is 41.4 Å². The van der Waals surface area contributed by atoms with Crippen molar-refractivity contribution in [2.75, 3.05) is 24.7 Å². The van der Waals surface area contributed by atoms with Gasteiger partial charge in [0.05, 0.1) is 22.3 Å². The summed E-state index contributed by atoms with van der Waals surface area (Å²) in [5.74, 6) is 0.739. The summed E-state index contributed by atoms with van der Waals surface area (Å²) in [5.41, 5.74) is 6.30. The van der Waals surface area contributed by atoms with Crippen molar-refractivity contribution in [2.24, 2.45) is 0 Å². The number of H-pyrrole nitrogens is 2. The molecule has 0 bridgehead atoms. The van der Waals surface area contributed by atoms with Crippen molar-refractivity contribution in [2.45, 2.75) is 39.5 Å². The zero-order valence-electron chi connectivity index (χ0n) is 33.6. The van der Waals surface area contributed by atoms with E-state index in [1.807, 2.05) is 38.4 Å². The van der Waals surface area contributed by atoms with Gasteiger partial charge in [0.1, 0.15) is 34.6 Å². The number of aromatic amines is 2. The molecular formula is C44H42ClF2N11O2. The van der Waals surface area contributed by atoms with Crippen molar-refractivity contribution in [1.82, 2.24) is 44.8 Å². The molecule has 0 atom stereocenters. The Hall–Kier alpha value is -7.13. The Morgan fingerprint density at radius 3 is 1.67 bits per heavy atom. The molecule has 0 saturated carbocycles. The van der Waals surface area contributed by atoms with Crippen LogP contribution in [0, 0.1) is 11.6 Å². The SMILES string of the molecule is CC(C)c1cnc(-c2ccc(F)cc2)nc1Nc1ccnc2[nH]cc(C(=O)C(=O)N(C)C)c12.CC(C)c1cnc(-c2ccc(F)cc2)nc1Nc1ccnc2[nH]ccc12.Cl. The van der Waals surface area contributed by atoms with Crippen molar-refractivity contribution in [1.29, 1.82) is 0 Å². The number of nitrogens with one attached hydrogen (secondary N) is 4. The number of halogens is 3. The van der Waals surface area contributed by atoms with E-state index < -0.39 is 11.7 Å². The third kappa shape index (κ3) is 9.11. The van der Waals surface area contributed by atoms with Crippen LogP contribution in [0.25, 0.3) is 44.8 Å². The molecule has 0 spiro atoms. The first-order valence-corrected chi connectivity index (χ1v) is 18.8. The van der Waals surface area contributed by atoms with Crippen LogP contribution in [-0.4, -0.2) is 70.6 Å². The molecule has 306 valence electrons. The molecule has 13 nitrogen and oxygen atoms in total. The summed E-state index contributed by atoms with van der Waals surface area (Å²) < 4.78 is 26.5. The summed E-state index contributed by atoms with van der Waals surface area (Å²) in [7, 11) is 3.05. The van der Waals surface area contributed by atoms with E-state index in [2.05, 4.69) is 59.4 Å². The lowest BCUT2D eigenvalue weighted by atomic mass is 10.0. The van der Waals surface area contributed by atoms with Crippen LogP contribution in [0.3, 0.4) is 0 Å². The van der Waals surface area contributed by atoms with Crippen molar-refractivity contribution in [3.8, 4) is 22.8 Å². The van der Waals surface area contributed by atoms with Crippen LogP contribution in [0.5, 0.6) is 0 Å². The topological polar surface area (TPSA) is 170 Å². The standard InChI is InChI=1S/C24H23FN6O2.C20H18FN5.ClH/c1-13(2)16-11-27-21(14-5-7-15(25)8-6-14)30-22(16)29-18-9-10-26-23-19(18)17(12-28-23)20(32)24(33)31(3)4;1-12(2)16-11-24-18(13-3-5-14(21)6-4-13)26-20(16)25-17-8-10-23-19-15(17)7-9-22-19;/h5-13H,1-4H3,(H2,26,27,28,29,30);3-12H,1-2H3,(H2,22,23,24,25,26);1H. The van der Waals surface area contributed by atoms with Gasteiger partial charge in [-0.15, -0.1) is 12.4 Å². The number of likely N-dealkylation sites (N-methyl/N-ethyl adjacent to an activating group) is 1. The second-order valence-corrected chi connectivity index (χ2v) is 14.5. The number of carbonyl (C=O) groups excluding carboxylic acids is 2. The predicted octanol–water partition coefficient (Wildman–Crippen LogP) is 9.74. The van der Waals surface area contributed by atoms with Gasteiger partial charge in [-0.1, -0.05) is 27.7 Å². The highest BCUT2D eigenvalue weighted by Gasteiger charge is 2.24. The second-order valence-electron chi connectivity index (χ2n) is 14.5. The molecule has 0 aliphatic carbocycles. The smallest absolute Gasteiger partial charge is 0.294 e. The second kappa shape index (κ2) is 18.2. The number of hydrogen-bond acceptors (Lipinski definition) is 10. The third-order valence-corrected chi connectivity index (χ3v) is 9.47. The van der Waals surface area contributed by atoms with Gasteiger partial charge in [-0.25, -0.2) is 38.7 Å². The van der Waals surface area contributed by atoms with Crippen LogP contribution in [0.15, 0.2) is 104 Å². The molecule has 8 aromatic rings. The Morgan fingerprint density at radius 2 is 1.15 bits per heavy atom. The summed E-state index contributed by atoms with van der Waals surface area (Å²) in [4.78, 5) is 59.3. The Kier molecular flexibility index (Phi) is 12.9. The molecule has 4 N–H and O–H groups in total. The van der Waals surface area contributed by atoms with Crippen LogP contribution < -0.4 is 10.6 Å². The van der Waals surface area contributed by atoms with Crippen LogP contribution in [0.1, 0.15) is 61.0 Å². The molecule has 0 aliphatic heterocycles. The molecule has 0 fully saturated rings. The zero-order chi connectivity index (χ0) is 41.8. The van der Waals surface area contributed by atoms with Gasteiger partial charge >= 0.3 is 0 Å². The molecule has 1 amide bonds. The van der Waals surface area contributed by atoms with Crippen molar-refractivity contribution < 1.29 is 18.4 Å². The highest BCUT2D eigenvalue weighted by Crippen LogP contribution is 2.33. The van der Waals surface area contributed by atoms with E-state index in [0.717, 1.165) is 39.2 Å². The molecule has 2 aromatic carbocycles. The monoisotopic (exact) mass is 829 g/mol. The Bertz CT molecular complexity index is 2790. The molecule has 0 radical (unpaired) electrons. The lowest BCUT2D eigenvalue weighted by Gasteiger charge is -2.16. The molecule has 0 aliphatic rings. The first kappa shape index (κ1) is 42.5. The van der Waals surface area contributed by atoms with Crippen LogP contribution in [0.2, 0.25) is 0 Å². The van der Waals surface area contributed by atoms with Crippen LogP contribution >= 0.6 is 12.4 Å². The number of carbonyl (C=O) groups is 2. The number of anilines is 4. The number of hydrogen-bond donors (Lipinski definition) is 4. The molecule has 16 heteroatoms. The van der Waals surface area contributed by atoms with E-state index in [9.17, 15) is 18.4 Å². The van der Waals surface area contributed by atoms with Crippen molar-refractivity contribution in [3.63, 3.8) is 0 Å². The number of nitrogens with zero attached hydrogens (tertiary/aromatic N) is 7. The number of fused-ring (bicyclic) bond motifs is 2. The van der Waals surface area contributed by atoms with Crippen LogP contribution in [-0.2, 0) is 4.79 Å². The maximum atomic E-state index is 13.4. The summed E-state index contributed by atoms with van der Waals surface area (Å²) >= 11 is 0. The van der Waals surface area contributed by atoms with E-state index in [1.165, 1.54) is 49.5 Å².